The van der Waals surface area contributed by atoms with Crippen molar-refractivity contribution in [2.75, 3.05) is 5.32 Å². The number of nitrogens with two attached hydrogens (primary N) is 1. The molecule has 0 spiro atoms. The summed E-state index contributed by atoms with van der Waals surface area (Å²) < 4.78 is 43.4. The molecule has 0 bridgehead atoms. The molecule has 1 unspecified atom stereocenters. The largest absolute Gasteiger partial charge is 0.441 e. The molecular weight excluding hydrogens is 287 g/mol. The molecule has 3 N–H and O–H groups in total. The molecule has 8 heteroatoms. The Morgan fingerprint density at radius 1 is 1.43 bits per heavy atom. The summed E-state index contributed by atoms with van der Waals surface area (Å²) in [5.41, 5.74) is 3.20. The summed E-state index contributed by atoms with van der Waals surface area (Å²) >= 11 is 0. The molecule has 1 amide bonds. The molecule has 21 heavy (non-hydrogen) atoms. The van der Waals surface area contributed by atoms with Gasteiger partial charge in [0.05, 0.1) is 0 Å². The topological polar surface area (TPSA) is 81.2 Å². The fourth-order valence-corrected chi connectivity index (χ4v) is 1.59. The number of carbonyl (C=O) groups is 1. The highest BCUT2D eigenvalue weighted by molar-refractivity contribution is 5.99. The quantitative estimate of drug-likeness (QED) is 0.913. The van der Waals surface area contributed by atoms with Crippen molar-refractivity contribution in [3.63, 3.8) is 0 Å². The van der Waals surface area contributed by atoms with Gasteiger partial charge >= 0.3 is 6.18 Å². The molecule has 2 rings (SSSR count). The zero-order valence-electron chi connectivity index (χ0n) is 11.4. The lowest BCUT2D eigenvalue weighted by Crippen LogP contribution is -2.59. The molecule has 0 fully saturated rings. The molecule has 0 radical (unpaired) electrons. The predicted molar refractivity (Wildman–Crippen MR) is 70.7 cm³/mol. The van der Waals surface area contributed by atoms with Crippen LogP contribution in [0.2, 0.25) is 0 Å². The number of amides is 1. The number of rotatable bonds is 3. The van der Waals surface area contributed by atoms with Crippen molar-refractivity contribution in [2.45, 2.75) is 32.0 Å². The van der Waals surface area contributed by atoms with Crippen molar-refractivity contribution >= 4 is 22.7 Å². The average Bonchev–Trinajstić information content (AvgIpc) is 2.79. The van der Waals surface area contributed by atoms with Crippen molar-refractivity contribution < 1.29 is 22.4 Å². The van der Waals surface area contributed by atoms with E-state index in [2.05, 4.69) is 10.3 Å². The number of carbonyl (C=O) groups excluding carboxylic acids is 1. The first-order chi connectivity index (χ1) is 9.65. The zero-order chi connectivity index (χ0) is 15.8. The van der Waals surface area contributed by atoms with Gasteiger partial charge in [-0.2, -0.15) is 13.2 Å². The second kappa shape index (κ2) is 5.03. The summed E-state index contributed by atoms with van der Waals surface area (Å²) in [6.45, 7) is 2.47. The number of halogens is 3. The highest BCUT2D eigenvalue weighted by Crippen LogP contribution is 2.29. The Morgan fingerprint density at radius 2 is 2.10 bits per heavy atom. The maximum Gasteiger partial charge on any atom is 0.415 e. The molecule has 0 aliphatic rings. The smallest absolute Gasteiger partial charge is 0.415 e. The fourth-order valence-electron chi connectivity index (χ4n) is 1.59. The van der Waals surface area contributed by atoms with Gasteiger partial charge in [-0.3, -0.25) is 4.79 Å². The molecule has 0 saturated carbocycles. The summed E-state index contributed by atoms with van der Waals surface area (Å²) in [5.74, 6) is -0.832. The summed E-state index contributed by atoms with van der Waals surface area (Å²) in [6, 6.07) is 4.39. The number of nitrogens with zero attached hydrogens (tertiary/aromatic N) is 1. The molecule has 1 aromatic carbocycles. The molecule has 0 saturated heterocycles. The number of anilines is 1. The molecule has 1 atom stereocenters. The summed E-state index contributed by atoms with van der Waals surface area (Å²) in [4.78, 5) is 15.8. The molecule has 0 aliphatic carbocycles. The Balaban J connectivity index is 2.25. The lowest BCUT2D eigenvalue weighted by molar-refractivity contribution is -0.184. The summed E-state index contributed by atoms with van der Waals surface area (Å²) in [5, 5.41) is 2.14. The van der Waals surface area contributed by atoms with E-state index in [4.69, 9.17) is 10.2 Å². The molecule has 1 heterocycles. The lowest BCUT2D eigenvalue weighted by atomic mass is 10.0. The van der Waals surface area contributed by atoms with E-state index in [1.165, 1.54) is 18.2 Å². The summed E-state index contributed by atoms with van der Waals surface area (Å²) in [7, 11) is 0. The second-order valence-corrected chi connectivity index (χ2v) is 4.80. The monoisotopic (exact) mass is 301 g/mol. The van der Waals surface area contributed by atoms with Gasteiger partial charge in [0.15, 0.2) is 17.0 Å². The van der Waals surface area contributed by atoms with Crippen LogP contribution in [0.25, 0.3) is 11.1 Å². The first-order valence-corrected chi connectivity index (χ1v) is 6.21. The van der Waals surface area contributed by atoms with Crippen LogP contribution < -0.4 is 11.1 Å². The van der Waals surface area contributed by atoms with Crippen LogP contribution in [-0.2, 0) is 11.2 Å². The minimum absolute atomic E-state index is 0.171. The van der Waals surface area contributed by atoms with Crippen LogP contribution in [0, 0.1) is 0 Å². The highest BCUT2D eigenvalue weighted by atomic mass is 19.4. The van der Waals surface area contributed by atoms with Gasteiger partial charge in [0.1, 0.15) is 5.52 Å². The number of alkyl halides is 3. The van der Waals surface area contributed by atoms with Crippen molar-refractivity contribution in [3.05, 3.63) is 24.1 Å². The van der Waals surface area contributed by atoms with E-state index in [9.17, 15) is 18.0 Å². The van der Waals surface area contributed by atoms with Crippen LogP contribution in [0.3, 0.4) is 0 Å². The van der Waals surface area contributed by atoms with Crippen LogP contribution in [0.4, 0.5) is 18.9 Å². The second-order valence-electron chi connectivity index (χ2n) is 4.80. The van der Waals surface area contributed by atoms with Crippen molar-refractivity contribution in [1.82, 2.24) is 4.98 Å². The Morgan fingerprint density at radius 3 is 2.67 bits per heavy atom. The van der Waals surface area contributed by atoms with Gasteiger partial charge < -0.3 is 15.5 Å². The van der Waals surface area contributed by atoms with Gasteiger partial charge in [-0.25, -0.2) is 4.98 Å². The van der Waals surface area contributed by atoms with Crippen molar-refractivity contribution in [1.29, 1.82) is 0 Å². The Hall–Kier alpha value is -2.09. The van der Waals surface area contributed by atoms with E-state index in [0.717, 1.165) is 0 Å². The first kappa shape index (κ1) is 15.3. The first-order valence-electron chi connectivity index (χ1n) is 6.21. The maximum atomic E-state index is 12.7. The minimum Gasteiger partial charge on any atom is -0.441 e. The number of fused-ring (bicyclic) bond motifs is 1. The van der Waals surface area contributed by atoms with Crippen LogP contribution in [0.15, 0.2) is 22.6 Å². The number of oxazole rings is 1. The Bertz CT molecular complexity index is 677. The molecule has 5 nitrogen and oxygen atoms in total. The molecule has 2 aromatic rings. The van der Waals surface area contributed by atoms with Gasteiger partial charge in [-0.15, -0.1) is 0 Å². The molecule has 1 aromatic heterocycles. The highest BCUT2D eigenvalue weighted by Gasteiger charge is 2.53. The van der Waals surface area contributed by atoms with Crippen molar-refractivity contribution in [3.8, 4) is 0 Å². The number of benzene rings is 1. The minimum atomic E-state index is -4.84. The van der Waals surface area contributed by atoms with Gasteiger partial charge in [0, 0.05) is 12.1 Å². The van der Waals surface area contributed by atoms with E-state index in [-0.39, 0.29) is 5.69 Å². The summed E-state index contributed by atoms with van der Waals surface area (Å²) in [6.07, 6.45) is -4.25. The number of hydrogen-bond donors (Lipinski definition) is 2. The van der Waals surface area contributed by atoms with E-state index >= 15 is 0 Å². The molecule has 114 valence electrons. The number of nitrogens with one attached hydrogen (secondary N) is 1. The van der Waals surface area contributed by atoms with Crippen LogP contribution in [-0.4, -0.2) is 22.6 Å². The Labute approximate surface area is 118 Å². The lowest BCUT2D eigenvalue weighted by Gasteiger charge is -2.26. The third-order valence-corrected chi connectivity index (χ3v) is 3.05. The number of aryl methyl sites for hydroxylation is 1. The normalized spacial score (nSPS) is 15.0. The van der Waals surface area contributed by atoms with Gasteiger partial charge in [0.25, 0.3) is 5.91 Å². The predicted octanol–water partition coefficient (Wildman–Crippen LogP) is 2.61. The van der Waals surface area contributed by atoms with Crippen molar-refractivity contribution in [2.24, 2.45) is 5.73 Å². The number of hydrogen-bond acceptors (Lipinski definition) is 4. The van der Waals surface area contributed by atoms with Crippen LogP contribution >= 0.6 is 0 Å². The van der Waals surface area contributed by atoms with E-state index < -0.39 is 17.6 Å². The third-order valence-electron chi connectivity index (χ3n) is 3.05. The zero-order valence-corrected chi connectivity index (χ0v) is 11.4. The fraction of sp³-hybridized carbons (Fsp3) is 0.385. The van der Waals surface area contributed by atoms with E-state index in [1.54, 1.807) is 0 Å². The SMILES string of the molecule is CCc1nc2cc(NC(=O)C(C)(N)C(F)(F)F)ccc2o1. The molecular formula is C13H14F3N3O2. The third kappa shape index (κ3) is 2.85. The maximum absolute atomic E-state index is 12.7. The van der Waals surface area contributed by atoms with Gasteiger partial charge in [0.2, 0.25) is 0 Å². The molecule has 0 aliphatic heterocycles. The van der Waals surface area contributed by atoms with E-state index in [1.807, 2.05) is 6.92 Å². The van der Waals surface area contributed by atoms with Gasteiger partial charge in [-0.1, -0.05) is 6.92 Å². The van der Waals surface area contributed by atoms with Crippen LogP contribution in [0.1, 0.15) is 19.7 Å². The van der Waals surface area contributed by atoms with E-state index in [0.29, 0.717) is 30.3 Å². The number of aromatic nitrogens is 1. The standard InChI is InChI=1S/C13H14F3N3O2/c1-3-10-19-8-6-7(4-5-9(8)21-10)18-11(20)12(2,17)13(14,15)16/h4-6H,3,17H2,1-2H3,(H,18,20). The average molecular weight is 301 g/mol. The Kier molecular flexibility index (Phi) is 3.66. The van der Waals surface area contributed by atoms with Crippen LogP contribution in [0.5, 0.6) is 0 Å². The van der Waals surface area contributed by atoms with Gasteiger partial charge in [-0.05, 0) is 25.1 Å².